The van der Waals surface area contributed by atoms with E-state index >= 15 is 0 Å². The van der Waals surface area contributed by atoms with Gasteiger partial charge in [0.05, 0.1) is 37.0 Å². The average molecular weight is 482 g/mol. The summed E-state index contributed by atoms with van der Waals surface area (Å²) in [5.41, 5.74) is 8.60. The van der Waals surface area contributed by atoms with Crippen LogP contribution in [-0.2, 0) is 22.5 Å². The van der Waals surface area contributed by atoms with Gasteiger partial charge in [0.15, 0.2) is 5.82 Å². The highest BCUT2D eigenvalue weighted by atomic mass is 16.5. The molecular formula is C25H35N7O3. The number of aromatic nitrogens is 2. The Balaban J connectivity index is 1.69. The number of amides is 3. The Bertz CT molecular complexity index is 1080. The first-order valence-corrected chi connectivity index (χ1v) is 12.1. The zero-order valence-corrected chi connectivity index (χ0v) is 20.9. The van der Waals surface area contributed by atoms with Crippen LogP contribution < -0.4 is 21.3 Å². The first-order valence-electron chi connectivity index (χ1n) is 12.1. The van der Waals surface area contributed by atoms with Crippen molar-refractivity contribution >= 4 is 23.4 Å². The third kappa shape index (κ3) is 5.54. The van der Waals surface area contributed by atoms with Crippen molar-refractivity contribution in [2.24, 2.45) is 5.73 Å². The van der Waals surface area contributed by atoms with E-state index in [1.54, 1.807) is 18.7 Å². The van der Waals surface area contributed by atoms with Gasteiger partial charge >= 0.3 is 6.03 Å². The Labute approximate surface area is 206 Å². The van der Waals surface area contributed by atoms with Crippen LogP contribution in [-0.4, -0.2) is 71.2 Å². The molecule has 4 rings (SSSR count). The summed E-state index contributed by atoms with van der Waals surface area (Å²) in [4.78, 5) is 38.7. The van der Waals surface area contributed by atoms with E-state index in [-0.39, 0.29) is 18.0 Å². The van der Waals surface area contributed by atoms with Crippen LogP contribution in [0.3, 0.4) is 0 Å². The lowest BCUT2D eigenvalue weighted by Crippen LogP contribution is -2.52. The number of carbonyl (C=O) groups excluding carboxylic acids is 2. The van der Waals surface area contributed by atoms with Crippen molar-refractivity contribution in [3.8, 4) is 11.4 Å². The highest BCUT2D eigenvalue weighted by Gasteiger charge is 2.34. The van der Waals surface area contributed by atoms with Crippen molar-refractivity contribution < 1.29 is 14.3 Å². The topological polar surface area (TPSA) is 126 Å². The molecule has 2 aromatic rings. The van der Waals surface area contributed by atoms with E-state index in [9.17, 15) is 9.59 Å². The second-order valence-corrected chi connectivity index (χ2v) is 9.67. The van der Waals surface area contributed by atoms with Crippen LogP contribution in [0.5, 0.6) is 0 Å². The van der Waals surface area contributed by atoms with Crippen LogP contribution >= 0.6 is 0 Å². The van der Waals surface area contributed by atoms with Crippen molar-refractivity contribution in [1.82, 2.24) is 20.2 Å². The van der Waals surface area contributed by atoms with Gasteiger partial charge in [-0.25, -0.2) is 14.8 Å². The molecule has 1 aromatic heterocycles. The van der Waals surface area contributed by atoms with E-state index in [2.05, 4.69) is 22.5 Å². The first kappa shape index (κ1) is 24.9. The number of hydrogen-bond acceptors (Lipinski definition) is 7. The van der Waals surface area contributed by atoms with Gasteiger partial charge < -0.3 is 30.9 Å². The number of fused-ring (bicyclic) bond motifs is 1. The molecule has 0 bridgehead atoms. The van der Waals surface area contributed by atoms with Crippen LogP contribution in [0.15, 0.2) is 24.3 Å². The van der Waals surface area contributed by atoms with Gasteiger partial charge in [0, 0.05) is 36.4 Å². The number of urea groups is 1. The maximum atomic E-state index is 12.9. The number of nitrogens with zero attached hydrogens (tertiary/aromatic N) is 4. The van der Waals surface area contributed by atoms with E-state index in [1.807, 2.05) is 31.2 Å². The molecule has 0 unspecified atom stereocenters. The number of rotatable bonds is 5. The minimum absolute atomic E-state index is 0.0922. The van der Waals surface area contributed by atoms with Crippen LogP contribution in [0.25, 0.3) is 11.4 Å². The molecule has 0 radical (unpaired) electrons. The van der Waals surface area contributed by atoms with E-state index in [1.165, 1.54) is 0 Å². The number of ether oxygens (including phenoxy) is 1. The van der Waals surface area contributed by atoms with Gasteiger partial charge in [0.2, 0.25) is 5.91 Å². The van der Waals surface area contributed by atoms with E-state index in [0.29, 0.717) is 50.8 Å². The maximum Gasteiger partial charge on any atom is 0.319 e. The zero-order chi connectivity index (χ0) is 25.2. The number of carbonyl (C=O) groups is 2. The smallest absolute Gasteiger partial charge is 0.319 e. The molecule has 3 heterocycles. The summed E-state index contributed by atoms with van der Waals surface area (Å²) >= 11 is 0. The molecule has 188 valence electrons. The van der Waals surface area contributed by atoms with Gasteiger partial charge in [0.25, 0.3) is 0 Å². The fraction of sp³-hybridized carbons (Fsp3) is 0.520. The number of benzene rings is 1. The highest BCUT2D eigenvalue weighted by molar-refractivity contribution is 5.89. The summed E-state index contributed by atoms with van der Waals surface area (Å²) in [7, 11) is 0. The van der Waals surface area contributed by atoms with Crippen molar-refractivity contribution in [1.29, 1.82) is 0 Å². The molecule has 0 spiro atoms. The Morgan fingerprint density at radius 1 is 1.20 bits per heavy atom. The highest BCUT2D eigenvalue weighted by Crippen LogP contribution is 2.32. The number of hydrogen-bond donors (Lipinski definition) is 3. The minimum atomic E-state index is -0.943. The van der Waals surface area contributed by atoms with Crippen molar-refractivity contribution in [3.63, 3.8) is 0 Å². The van der Waals surface area contributed by atoms with Crippen molar-refractivity contribution in [2.45, 2.75) is 52.2 Å². The Kier molecular flexibility index (Phi) is 7.23. The number of anilines is 2. The predicted molar refractivity (Wildman–Crippen MR) is 135 cm³/mol. The fourth-order valence-electron chi connectivity index (χ4n) is 4.44. The Morgan fingerprint density at radius 2 is 1.94 bits per heavy atom. The molecule has 2 aliphatic rings. The van der Waals surface area contributed by atoms with E-state index < -0.39 is 5.54 Å². The summed E-state index contributed by atoms with van der Waals surface area (Å²) in [6.45, 7) is 11.0. The normalized spacial score (nSPS) is 18.1. The SMILES string of the molecule is CCNC(=O)Nc1ccc(-c2nc3c(c(N4CCOC[C@@H]4C)n2)CCN(C(=O)C(C)(C)N)C3)cc1. The number of morpholine rings is 1. The molecule has 2 aliphatic heterocycles. The second kappa shape index (κ2) is 10.2. The monoisotopic (exact) mass is 481 g/mol. The lowest BCUT2D eigenvalue weighted by molar-refractivity contribution is -0.136. The van der Waals surface area contributed by atoms with Gasteiger partial charge in [-0.05, 0) is 58.4 Å². The molecule has 0 saturated carbocycles. The Hall–Kier alpha value is -3.24. The summed E-state index contributed by atoms with van der Waals surface area (Å²) in [6.07, 6.45) is 0.673. The molecular weight excluding hydrogens is 446 g/mol. The van der Waals surface area contributed by atoms with Gasteiger partial charge in [-0.15, -0.1) is 0 Å². The molecule has 0 aliphatic carbocycles. The van der Waals surface area contributed by atoms with Gasteiger partial charge in [-0.3, -0.25) is 4.79 Å². The lowest BCUT2D eigenvalue weighted by Gasteiger charge is -2.38. The number of nitrogens with one attached hydrogen (secondary N) is 2. The average Bonchev–Trinajstić information content (AvgIpc) is 2.83. The third-order valence-electron chi connectivity index (χ3n) is 6.26. The molecule has 1 fully saturated rings. The second-order valence-electron chi connectivity index (χ2n) is 9.67. The van der Waals surface area contributed by atoms with Crippen LogP contribution in [0, 0.1) is 0 Å². The first-order chi connectivity index (χ1) is 16.7. The molecule has 1 aromatic carbocycles. The van der Waals surface area contributed by atoms with E-state index in [4.69, 9.17) is 20.4 Å². The molecule has 35 heavy (non-hydrogen) atoms. The van der Waals surface area contributed by atoms with Crippen molar-refractivity contribution in [2.75, 3.05) is 43.1 Å². The molecule has 1 saturated heterocycles. The summed E-state index contributed by atoms with van der Waals surface area (Å²) in [5, 5.41) is 5.52. The fourth-order valence-corrected chi connectivity index (χ4v) is 4.44. The largest absolute Gasteiger partial charge is 0.377 e. The van der Waals surface area contributed by atoms with Crippen LogP contribution in [0.2, 0.25) is 0 Å². The molecule has 1 atom stereocenters. The van der Waals surface area contributed by atoms with Gasteiger partial charge in [0.1, 0.15) is 5.82 Å². The third-order valence-corrected chi connectivity index (χ3v) is 6.26. The summed E-state index contributed by atoms with van der Waals surface area (Å²) < 4.78 is 5.65. The van der Waals surface area contributed by atoms with Gasteiger partial charge in [-0.1, -0.05) is 0 Å². The summed E-state index contributed by atoms with van der Waals surface area (Å²) in [6, 6.07) is 7.38. The van der Waals surface area contributed by atoms with E-state index in [0.717, 1.165) is 29.2 Å². The predicted octanol–water partition coefficient (Wildman–Crippen LogP) is 2.13. The Morgan fingerprint density at radius 3 is 2.60 bits per heavy atom. The molecule has 3 amide bonds. The quantitative estimate of drug-likeness (QED) is 0.597. The molecule has 10 nitrogen and oxygen atoms in total. The lowest BCUT2D eigenvalue weighted by atomic mass is 9.99. The van der Waals surface area contributed by atoms with Crippen LogP contribution in [0.4, 0.5) is 16.3 Å². The molecule has 10 heteroatoms. The zero-order valence-electron chi connectivity index (χ0n) is 20.9. The minimum Gasteiger partial charge on any atom is -0.377 e. The standard InChI is InChI=1S/C25H35N7O3/c1-5-27-24(34)28-18-8-6-17(7-9-18)21-29-20-14-31(23(33)25(3,4)26)11-10-19(20)22(30-21)32-12-13-35-15-16(32)2/h6-9,16H,5,10-15,26H2,1-4H3,(H2,27,28,34)/t16-/m0/s1. The van der Waals surface area contributed by atoms with Crippen molar-refractivity contribution in [3.05, 3.63) is 35.5 Å². The van der Waals surface area contributed by atoms with Crippen LogP contribution in [0.1, 0.15) is 39.0 Å². The maximum absolute atomic E-state index is 12.9. The molecule has 4 N–H and O–H groups in total. The number of nitrogens with two attached hydrogens (primary N) is 1. The summed E-state index contributed by atoms with van der Waals surface area (Å²) in [5.74, 6) is 1.40. The van der Waals surface area contributed by atoms with Gasteiger partial charge in [-0.2, -0.15) is 0 Å².